The number of benzene rings is 1. The molecule has 0 atom stereocenters. The quantitative estimate of drug-likeness (QED) is 0.435. The van der Waals surface area contributed by atoms with Crippen LogP contribution in [0, 0.1) is 6.92 Å². The molecule has 0 saturated carbocycles. The minimum Gasteiger partial charge on any atom is -0.384 e. The lowest BCUT2D eigenvalue weighted by Crippen LogP contribution is -1.99. The Morgan fingerprint density at radius 1 is 1.04 bits per heavy atom. The number of aromatic nitrogens is 5. The van der Waals surface area contributed by atoms with Crippen LogP contribution in [0.2, 0.25) is 0 Å². The molecule has 4 aromatic rings. The van der Waals surface area contributed by atoms with Crippen LogP contribution in [0.1, 0.15) is 11.1 Å². The number of rotatable bonds is 4. The Labute approximate surface area is 149 Å². The lowest BCUT2D eigenvalue weighted by molar-refractivity contribution is 0.894. The van der Waals surface area contributed by atoms with E-state index < -0.39 is 0 Å². The van der Waals surface area contributed by atoms with Gasteiger partial charge < -0.3 is 5.73 Å². The molecular formula is C18H16N8. The van der Waals surface area contributed by atoms with Gasteiger partial charge >= 0.3 is 0 Å². The minimum absolute atomic E-state index is 0.469. The predicted molar refractivity (Wildman–Crippen MR) is 101 cm³/mol. The molecule has 0 aliphatic rings. The van der Waals surface area contributed by atoms with E-state index in [1.54, 1.807) is 29.4 Å². The molecule has 0 saturated heterocycles. The first-order valence-electron chi connectivity index (χ1n) is 7.97. The summed E-state index contributed by atoms with van der Waals surface area (Å²) in [6, 6.07) is 11.6. The van der Waals surface area contributed by atoms with Gasteiger partial charge in [-0.05, 0) is 31.2 Å². The zero-order valence-corrected chi connectivity index (χ0v) is 14.0. The van der Waals surface area contributed by atoms with Crippen LogP contribution in [-0.2, 0) is 0 Å². The summed E-state index contributed by atoms with van der Waals surface area (Å²) >= 11 is 0. The van der Waals surface area contributed by atoms with Crippen LogP contribution in [0.5, 0.6) is 0 Å². The number of nitrogens with zero attached hydrogens (tertiary/aromatic N) is 6. The standard InChI is InChI=1S/C18H16N8/c1-12-2-5-14(6-3-12)26-18-15(10-24-26)17(21-11-22-18)25-23-9-13-4-7-16(19)20-8-13/h2-11H,1H3,(H2,19,20)(H,21,22,25). The van der Waals surface area contributed by atoms with Crippen LogP contribution in [0.4, 0.5) is 11.6 Å². The van der Waals surface area contributed by atoms with Crippen molar-refractivity contribution >= 4 is 28.9 Å². The summed E-state index contributed by atoms with van der Waals surface area (Å²) < 4.78 is 1.77. The number of anilines is 2. The third kappa shape index (κ3) is 3.07. The second kappa shape index (κ2) is 6.60. The van der Waals surface area contributed by atoms with Crippen molar-refractivity contribution in [1.29, 1.82) is 0 Å². The molecule has 0 aliphatic carbocycles. The van der Waals surface area contributed by atoms with E-state index in [-0.39, 0.29) is 0 Å². The Kier molecular flexibility index (Phi) is 3.98. The molecule has 1 aromatic carbocycles. The van der Waals surface area contributed by atoms with Crippen LogP contribution in [0.25, 0.3) is 16.7 Å². The summed E-state index contributed by atoms with van der Waals surface area (Å²) in [5, 5.41) is 9.41. The molecule has 0 aliphatic heterocycles. The highest BCUT2D eigenvalue weighted by Crippen LogP contribution is 2.21. The van der Waals surface area contributed by atoms with E-state index in [0.717, 1.165) is 16.6 Å². The molecule has 0 spiro atoms. The maximum atomic E-state index is 5.57. The van der Waals surface area contributed by atoms with Gasteiger partial charge in [0.05, 0.1) is 23.5 Å². The van der Waals surface area contributed by atoms with Crippen molar-refractivity contribution < 1.29 is 0 Å². The topological polar surface area (TPSA) is 107 Å². The van der Waals surface area contributed by atoms with Crippen molar-refractivity contribution in [1.82, 2.24) is 24.7 Å². The molecule has 0 amide bonds. The third-order valence-corrected chi connectivity index (χ3v) is 3.84. The summed E-state index contributed by atoms with van der Waals surface area (Å²) in [7, 11) is 0. The maximum Gasteiger partial charge on any atom is 0.168 e. The Bertz CT molecular complexity index is 1060. The first kappa shape index (κ1) is 15.7. The van der Waals surface area contributed by atoms with Gasteiger partial charge in [0.15, 0.2) is 11.5 Å². The summed E-state index contributed by atoms with van der Waals surface area (Å²) in [4.78, 5) is 12.6. The normalized spacial score (nSPS) is 11.3. The van der Waals surface area contributed by atoms with Gasteiger partial charge in [0.1, 0.15) is 12.1 Å². The molecule has 3 aromatic heterocycles. The average molecular weight is 344 g/mol. The highest BCUT2D eigenvalue weighted by atomic mass is 15.3. The van der Waals surface area contributed by atoms with Gasteiger partial charge in [-0.25, -0.2) is 19.6 Å². The fraction of sp³-hybridized carbons (Fsp3) is 0.0556. The van der Waals surface area contributed by atoms with Crippen LogP contribution in [0.3, 0.4) is 0 Å². The zero-order valence-electron chi connectivity index (χ0n) is 14.0. The van der Waals surface area contributed by atoms with Crippen molar-refractivity contribution in [3.8, 4) is 5.69 Å². The second-order valence-electron chi connectivity index (χ2n) is 5.74. The number of fused-ring (bicyclic) bond motifs is 1. The largest absolute Gasteiger partial charge is 0.384 e. The fourth-order valence-electron chi connectivity index (χ4n) is 2.47. The van der Waals surface area contributed by atoms with Crippen molar-refractivity contribution in [3.05, 3.63) is 66.2 Å². The summed E-state index contributed by atoms with van der Waals surface area (Å²) in [6.45, 7) is 2.05. The predicted octanol–water partition coefficient (Wildman–Crippen LogP) is 2.55. The fourth-order valence-corrected chi connectivity index (χ4v) is 2.47. The molecule has 26 heavy (non-hydrogen) atoms. The van der Waals surface area contributed by atoms with Crippen molar-refractivity contribution in [2.24, 2.45) is 5.10 Å². The number of hydrogen-bond acceptors (Lipinski definition) is 7. The van der Waals surface area contributed by atoms with Gasteiger partial charge in [0.25, 0.3) is 0 Å². The van der Waals surface area contributed by atoms with Gasteiger partial charge in [-0.3, -0.25) is 5.43 Å². The van der Waals surface area contributed by atoms with Gasteiger partial charge in [-0.15, -0.1) is 0 Å². The van der Waals surface area contributed by atoms with Crippen LogP contribution >= 0.6 is 0 Å². The average Bonchev–Trinajstić information content (AvgIpc) is 3.09. The Morgan fingerprint density at radius 3 is 2.65 bits per heavy atom. The molecule has 3 heterocycles. The molecule has 0 radical (unpaired) electrons. The second-order valence-corrected chi connectivity index (χ2v) is 5.74. The monoisotopic (exact) mass is 344 g/mol. The van der Waals surface area contributed by atoms with Gasteiger partial charge in [-0.1, -0.05) is 17.7 Å². The van der Waals surface area contributed by atoms with E-state index in [0.29, 0.717) is 17.3 Å². The number of hydrazone groups is 1. The highest BCUT2D eigenvalue weighted by Gasteiger charge is 2.10. The minimum atomic E-state index is 0.469. The molecule has 3 N–H and O–H groups in total. The number of nitrogens with one attached hydrogen (secondary N) is 1. The van der Waals surface area contributed by atoms with E-state index in [1.165, 1.54) is 11.9 Å². The smallest absolute Gasteiger partial charge is 0.168 e. The molecule has 0 unspecified atom stereocenters. The highest BCUT2D eigenvalue weighted by molar-refractivity contribution is 5.88. The van der Waals surface area contributed by atoms with Gasteiger partial charge in [0, 0.05) is 11.8 Å². The maximum absolute atomic E-state index is 5.57. The zero-order chi connectivity index (χ0) is 17.9. The van der Waals surface area contributed by atoms with E-state index >= 15 is 0 Å². The van der Waals surface area contributed by atoms with E-state index in [4.69, 9.17) is 5.73 Å². The van der Waals surface area contributed by atoms with Crippen LogP contribution in [0.15, 0.2) is 60.2 Å². The Morgan fingerprint density at radius 2 is 1.88 bits per heavy atom. The van der Waals surface area contributed by atoms with E-state index in [2.05, 4.69) is 30.6 Å². The molecule has 8 heteroatoms. The van der Waals surface area contributed by atoms with Crippen molar-refractivity contribution in [2.75, 3.05) is 11.2 Å². The number of pyridine rings is 1. The molecule has 0 fully saturated rings. The Hall–Kier alpha value is -3.81. The molecule has 8 nitrogen and oxygen atoms in total. The first-order chi connectivity index (χ1) is 12.7. The summed E-state index contributed by atoms with van der Waals surface area (Å²) in [5.74, 6) is 1.05. The first-order valence-corrected chi connectivity index (χ1v) is 7.97. The van der Waals surface area contributed by atoms with Gasteiger partial charge in [-0.2, -0.15) is 10.2 Å². The van der Waals surface area contributed by atoms with Crippen LogP contribution < -0.4 is 11.2 Å². The number of hydrogen-bond donors (Lipinski definition) is 2. The van der Waals surface area contributed by atoms with E-state index in [1.807, 2.05) is 37.3 Å². The van der Waals surface area contributed by atoms with Crippen molar-refractivity contribution in [2.45, 2.75) is 6.92 Å². The molecule has 4 rings (SSSR count). The summed E-state index contributed by atoms with van der Waals surface area (Å²) in [6.07, 6.45) is 6.49. The number of aryl methyl sites for hydroxylation is 1. The van der Waals surface area contributed by atoms with E-state index in [9.17, 15) is 0 Å². The molecular weight excluding hydrogens is 328 g/mol. The van der Waals surface area contributed by atoms with Crippen LogP contribution in [-0.4, -0.2) is 30.9 Å². The molecule has 0 bridgehead atoms. The number of nitrogens with two attached hydrogens (primary N) is 1. The number of nitrogen functional groups attached to an aromatic ring is 1. The van der Waals surface area contributed by atoms with Gasteiger partial charge in [0.2, 0.25) is 0 Å². The Balaban J connectivity index is 1.62. The molecule has 128 valence electrons. The third-order valence-electron chi connectivity index (χ3n) is 3.84. The lowest BCUT2D eigenvalue weighted by Gasteiger charge is -2.04. The SMILES string of the molecule is Cc1ccc(-n2ncc3c(NN=Cc4ccc(N)nc4)ncnc32)cc1. The summed E-state index contributed by atoms with van der Waals surface area (Å²) in [5.41, 5.74) is 12.2. The van der Waals surface area contributed by atoms with Crippen molar-refractivity contribution in [3.63, 3.8) is 0 Å². The lowest BCUT2D eigenvalue weighted by atomic mass is 10.2.